The first kappa shape index (κ1) is 15.0. The number of carboxylic acids is 1. The Morgan fingerprint density at radius 3 is 3.14 bits per heavy atom. The molecule has 0 aromatic rings. The Kier molecular flexibility index (Phi) is 4.62. The topological polar surface area (TPSA) is 61.8 Å². The lowest BCUT2D eigenvalue weighted by atomic mass is 10.0. The maximum absolute atomic E-state index is 11.6. The molecule has 3 rings (SSSR count). The molecule has 0 aromatic carbocycles. The first-order valence-corrected chi connectivity index (χ1v) is 8.20. The minimum absolute atomic E-state index is 0.197. The standard InChI is InChI=1S/C16H26N2O3/c19-15(20)16-10-13(16)6-3-1-2-4-9-21-11-14-7-5-8-18(14)17-12-16/h3,6,13-14,17H,1-2,4-5,7-12H2,(H,19,20)/b6-3-. The number of aliphatic carboxylic acids is 1. The zero-order valence-corrected chi connectivity index (χ0v) is 12.6. The average Bonchev–Trinajstić information content (AvgIpc) is 3.00. The van der Waals surface area contributed by atoms with Gasteiger partial charge in [-0.3, -0.25) is 10.2 Å². The van der Waals surface area contributed by atoms with Gasteiger partial charge in [0.05, 0.1) is 12.0 Å². The quantitative estimate of drug-likeness (QED) is 0.722. The van der Waals surface area contributed by atoms with Crippen molar-refractivity contribution < 1.29 is 14.6 Å². The van der Waals surface area contributed by atoms with Crippen LogP contribution in [0.3, 0.4) is 0 Å². The molecule has 2 aliphatic heterocycles. The highest BCUT2D eigenvalue weighted by molar-refractivity contribution is 5.79. The van der Waals surface area contributed by atoms with Crippen LogP contribution in [0.1, 0.15) is 38.5 Å². The highest BCUT2D eigenvalue weighted by Gasteiger charge is 2.59. The van der Waals surface area contributed by atoms with Crippen LogP contribution in [0.4, 0.5) is 0 Å². The SMILES string of the molecule is O=C(O)C12CNN3CCCC3COCCCC/C=C\C1C2. The van der Waals surface area contributed by atoms with Crippen molar-refractivity contribution >= 4 is 5.97 Å². The minimum atomic E-state index is -0.663. The van der Waals surface area contributed by atoms with E-state index in [0.717, 1.165) is 58.3 Å². The molecular weight excluding hydrogens is 268 g/mol. The number of hydrogen-bond acceptors (Lipinski definition) is 4. The smallest absolute Gasteiger partial charge is 0.311 e. The van der Waals surface area contributed by atoms with Crippen LogP contribution in [0.25, 0.3) is 0 Å². The molecule has 1 saturated carbocycles. The summed E-state index contributed by atoms with van der Waals surface area (Å²) in [6.45, 7) is 3.12. The second-order valence-electron chi connectivity index (χ2n) is 6.60. The Morgan fingerprint density at radius 1 is 1.38 bits per heavy atom. The maximum atomic E-state index is 11.6. The second kappa shape index (κ2) is 6.46. The number of carbonyl (C=O) groups is 1. The highest BCUT2D eigenvalue weighted by Crippen LogP contribution is 2.53. The van der Waals surface area contributed by atoms with E-state index in [0.29, 0.717) is 12.6 Å². The Bertz CT molecular complexity index is 412. The summed E-state index contributed by atoms with van der Waals surface area (Å²) in [6, 6.07) is 0.395. The van der Waals surface area contributed by atoms with E-state index in [1.807, 2.05) is 0 Å². The number of ether oxygens (including phenoxy) is 1. The molecule has 2 N–H and O–H groups in total. The second-order valence-corrected chi connectivity index (χ2v) is 6.60. The Balaban J connectivity index is 1.66. The van der Waals surface area contributed by atoms with Gasteiger partial charge in [0.15, 0.2) is 0 Å². The van der Waals surface area contributed by atoms with Crippen molar-refractivity contribution in [3.63, 3.8) is 0 Å². The number of allylic oxidation sites excluding steroid dienone is 2. The molecule has 2 heterocycles. The molecule has 0 radical (unpaired) electrons. The van der Waals surface area contributed by atoms with Crippen molar-refractivity contribution in [2.45, 2.75) is 44.6 Å². The summed E-state index contributed by atoms with van der Waals surface area (Å²) in [6.07, 6.45) is 10.6. The molecule has 21 heavy (non-hydrogen) atoms. The van der Waals surface area contributed by atoms with Gasteiger partial charge in [0.2, 0.25) is 0 Å². The third-order valence-corrected chi connectivity index (χ3v) is 5.12. The number of rotatable bonds is 1. The van der Waals surface area contributed by atoms with Gasteiger partial charge < -0.3 is 9.84 Å². The first-order valence-electron chi connectivity index (χ1n) is 8.20. The van der Waals surface area contributed by atoms with Crippen LogP contribution in [0.15, 0.2) is 12.2 Å². The summed E-state index contributed by atoms with van der Waals surface area (Å²) in [7, 11) is 0. The predicted octanol–water partition coefficient (Wildman–Crippen LogP) is 1.80. The molecule has 0 aromatic heterocycles. The monoisotopic (exact) mass is 294 g/mol. The van der Waals surface area contributed by atoms with Crippen molar-refractivity contribution in [3.05, 3.63) is 12.2 Å². The van der Waals surface area contributed by atoms with Crippen LogP contribution in [0.2, 0.25) is 0 Å². The predicted molar refractivity (Wildman–Crippen MR) is 79.7 cm³/mol. The Morgan fingerprint density at radius 2 is 2.29 bits per heavy atom. The molecule has 0 spiro atoms. The summed E-state index contributed by atoms with van der Waals surface area (Å²) in [4.78, 5) is 11.6. The van der Waals surface area contributed by atoms with Gasteiger partial charge in [-0.25, -0.2) is 5.01 Å². The fourth-order valence-electron chi connectivity index (χ4n) is 3.52. The normalized spacial score (nSPS) is 39.8. The molecule has 1 aliphatic carbocycles. The lowest BCUT2D eigenvalue weighted by molar-refractivity contribution is -0.144. The molecule has 3 aliphatic rings. The van der Waals surface area contributed by atoms with Gasteiger partial charge in [-0.1, -0.05) is 12.2 Å². The fraction of sp³-hybridized carbons (Fsp3) is 0.812. The molecular formula is C16H26N2O3. The number of hydrogen-bond donors (Lipinski definition) is 2. The molecule has 5 nitrogen and oxygen atoms in total. The zero-order chi connectivity index (χ0) is 14.7. The summed E-state index contributed by atoms with van der Waals surface area (Å²) >= 11 is 0. The Labute approximate surface area is 126 Å². The van der Waals surface area contributed by atoms with E-state index in [1.54, 1.807) is 0 Å². The fourth-order valence-corrected chi connectivity index (χ4v) is 3.52. The summed E-state index contributed by atoms with van der Waals surface area (Å²) < 4.78 is 5.78. The van der Waals surface area contributed by atoms with Gasteiger partial charge in [-0.2, -0.15) is 0 Å². The van der Waals surface area contributed by atoms with E-state index in [-0.39, 0.29) is 5.92 Å². The molecule has 118 valence electrons. The molecule has 0 amide bonds. The van der Waals surface area contributed by atoms with Crippen molar-refractivity contribution in [2.75, 3.05) is 26.3 Å². The molecule has 5 heteroatoms. The largest absolute Gasteiger partial charge is 0.481 e. The van der Waals surface area contributed by atoms with Crippen molar-refractivity contribution in [3.8, 4) is 0 Å². The van der Waals surface area contributed by atoms with Crippen LogP contribution >= 0.6 is 0 Å². The lowest BCUT2D eigenvalue weighted by Crippen LogP contribution is -2.47. The van der Waals surface area contributed by atoms with Crippen molar-refractivity contribution in [1.82, 2.24) is 10.4 Å². The number of carboxylic acid groups (broad SMARTS) is 1. The van der Waals surface area contributed by atoms with Crippen LogP contribution in [-0.2, 0) is 9.53 Å². The molecule has 2 fully saturated rings. The maximum Gasteiger partial charge on any atom is 0.311 e. The summed E-state index contributed by atoms with van der Waals surface area (Å²) in [5.41, 5.74) is 2.80. The van der Waals surface area contributed by atoms with Crippen LogP contribution in [0, 0.1) is 11.3 Å². The van der Waals surface area contributed by atoms with Crippen LogP contribution in [0.5, 0.6) is 0 Å². The van der Waals surface area contributed by atoms with Crippen molar-refractivity contribution in [1.29, 1.82) is 0 Å². The first-order chi connectivity index (χ1) is 10.2. The third kappa shape index (κ3) is 3.30. The van der Waals surface area contributed by atoms with Crippen molar-refractivity contribution in [2.24, 2.45) is 11.3 Å². The number of nitrogens with zero attached hydrogens (tertiary/aromatic N) is 1. The number of hydrazine groups is 1. The average molecular weight is 294 g/mol. The zero-order valence-electron chi connectivity index (χ0n) is 12.6. The molecule has 0 bridgehead atoms. The third-order valence-electron chi connectivity index (χ3n) is 5.12. The summed E-state index contributed by atoms with van der Waals surface area (Å²) in [5, 5.41) is 11.8. The van der Waals surface area contributed by atoms with Crippen LogP contribution in [-0.4, -0.2) is 48.4 Å². The van der Waals surface area contributed by atoms with E-state index in [4.69, 9.17) is 4.74 Å². The van der Waals surface area contributed by atoms with E-state index < -0.39 is 11.4 Å². The van der Waals surface area contributed by atoms with Gasteiger partial charge in [-0.05, 0) is 44.4 Å². The van der Waals surface area contributed by atoms with Gasteiger partial charge in [0, 0.05) is 25.7 Å². The highest BCUT2D eigenvalue weighted by atomic mass is 16.5. The summed E-state index contributed by atoms with van der Waals surface area (Å²) in [5.74, 6) is -0.466. The minimum Gasteiger partial charge on any atom is -0.481 e. The van der Waals surface area contributed by atoms with Crippen LogP contribution < -0.4 is 5.43 Å². The number of fused-ring (bicyclic) bond motifs is 2. The number of nitrogens with one attached hydrogen (secondary N) is 1. The van der Waals surface area contributed by atoms with Gasteiger partial charge >= 0.3 is 5.97 Å². The molecule has 1 saturated heterocycles. The van der Waals surface area contributed by atoms with E-state index in [2.05, 4.69) is 22.6 Å². The molecule has 3 atom stereocenters. The van der Waals surface area contributed by atoms with E-state index >= 15 is 0 Å². The van der Waals surface area contributed by atoms with Gasteiger partial charge in [0.1, 0.15) is 0 Å². The Hall–Kier alpha value is -0.910. The van der Waals surface area contributed by atoms with Gasteiger partial charge in [-0.15, -0.1) is 0 Å². The molecule has 3 unspecified atom stereocenters. The lowest BCUT2D eigenvalue weighted by Gasteiger charge is -2.27. The van der Waals surface area contributed by atoms with E-state index in [9.17, 15) is 9.90 Å². The van der Waals surface area contributed by atoms with E-state index in [1.165, 1.54) is 0 Å². The van der Waals surface area contributed by atoms with Gasteiger partial charge in [0.25, 0.3) is 0 Å².